The molecule has 0 saturated carbocycles. The van der Waals surface area contributed by atoms with Crippen LogP contribution < -0.4 is 14.8 Å². The second-order valence-electron chi connectivity index (χ2n) is 6.42. The molecular formula is C20H26N2O4S. The molecule has 0 bridgehead atoms. The Labute approximate surface area is 161 Å². The lowest BCUT2D eigenvalue weighted by atomic mass is 10.1. The maximum atomic E-state index is 12.6. The van der Waals surface area contributed by atoms with E-state index in [4.69, 9.17) is 4.74 Å². The van der Waals surface area contributed by atoms with E-state index in [-0.39, 0.29) is 11.4 Å². The van der Waals surface area contributed by atoms with Gasteiger partial charge < -0.3 is 10.1 Å². The average molecular weight is 391 g/mol. The molecule has 2 aromatic carbocycles. The molecule has 0 heterocycles. The van der Waals surface area contributed by atoms with Crippen molar-refractivity contribution < 1.29 is 17.9 Å². The van der Waals surface area contributed by atoms with Crippen molar-refractivity contribution in [1.82, 2.24) is 4.72 Å². The highest BCUT2D eigenvalue weighted by Crippen LogP contribution is 2.25. The van der Waals surface area contributed by atoms with E-state index >= 15 is 0 Å². The van der Waals surface area contributed by atoms with Crippen LogP contribution in [0.1, 0.15) is 29.2 Å². The van der Waals surface area contributed by atoms with Crippen molar-refractivity contribution in [3.63, 3.8) is 0 Å². The summed E-state index contributed by atoms with van der Waals surface area (Å²) in [5.74, 6) is 0.210. The van der Waals surface area contributed by atoms with E-state index in [0.717, 1.165) is 23.2 Å². The molecule has 7 heteroatoms. The molecule has 0 spiro atoms. The van der Waals surface area contributed by atoms with Crippen LogP contribution in [0.25, 0.3) is 0 Å². The minimum absolute atomic E-state index is 0.138. The van der Waals surface area contributed by atoms with E-state index in [1.54, 1.807) is 26.0 Å². The number of benzene rings is 2. The molecule has 0 aliphatic carbocycles. The predicted octanol–water partition coefficient (Wildman–Crippen LogP) is 3.10. The van der Waals surface area contributed by atoms with Gasteiger partial charge in [0.05, 0.1) is 18.6 Å². The van der Waals surface area contributed by atoms with Gasteiger partial charge in [0.1, 0.15) is 5.75 Å². The lowest BCUT2D eigenvalue weighted by Gasteiger charge is -2.15. The van der Waals surface area contributed by atoms with Crippen molar-refractivity contribution in [3.8, 4) is 5.75 Å². The lowest BCUT2D eigenvalue weighted by Crippen LogP contribution is -2.33. The van der Waals surface area contributed by atoms with Gasteiger partial charge in [-0.15, -0.1) is 0 Å². The molecule has 0 fully saturated rings. The summed E-state index contributed by atoms with van der Waals surface area (Å²) in [7, 11) is -2.28. The first-order valence-corrected chi connectivity index (χ1v) is 10.2. The number of sulfonamides is 1. The molecule has 1 amide bonds. The molecule has 6 nitrogen and oxygen atoms in total. The second-order valence-corrected chi connectivity index (χ2v) is 8.16. The highest BCUT2D eigenvalue weighted by Gasteiger charge is 2.20. The third kappa shape index (κ3) is 4.87. The van der Waals surface area contributed by atoms with Crippen LogP contribution in [0.15, 0.2) is 35.2 Å². The summed E-state index contributed by atoms with van der Waals surface area (Å²) in [5.41, 5.74) is 3.94. The number of carbonyl (C=O) groups excluding carboxylic acids is 1. The van der Waals surface area contributed by atoms with Crippen LogP contribution in [-0.2, 0) is 21.2 Å². The first kappa shape index (κ1) is 20.9. The normalized spacial score (nSPS) is 11.3. The Morgan fingerprint density at radius 3 is 2.41 bits per heavy atom. The number of hydrogen-bond acceptors (Lipinski definition) is 4. The van der Waals surface area contributed by atoms with E-state index in [9.17, 15) is 13.2 Å². The minimum Gasteiger partial charge on any atom is -0.496 e. The zero-order valence-corrected chi connectivity index (χ0v) is 17.2. The number of amides is 1. The quantitative estimate of drug-likeness (QED) is 0.761. The van der Waals surface area contributed by atoms with Crippen molar-refractivity contribution >= 4 is 21.6 Å². The Bertz CT molecular complexity index is 953. The summed E-state index contributed by atoms with van der Waals surface area (Å²) in [5, 5.41) is 2.81. The number of methoxy groups -OCH3 is 1. The van der Waals surface area contributed by atoms with Gasteiger partial charge >= 0.3 is 0 Å². The Morgan fingerprint density at radius 1 is 1.07 bits per heavy atom. The molecule has 0 aliphatic rings. The zero-order valence-electron chi connectivity index (χ0n) is 16.3. The largest absolute Gasteiger partial charge is 0.496 e. The van der Waals surface area contributed by atoms with Gasteiger partial charge in [0.25, 0.3) is 0 Å². The van der Waals surface area contributed by atoms with Crippen molar-refractivity contribution in [3.05, 3.63) is 52.6 Å². The number of para-hydroxylation sites is 1. The fourth-order valence-corrected chi connectivity index (χ4v) is 4.19. The molecule has 0 atom stereocenters. The molecule has 146 valence electrons. The van der Waals surface area contributed by atoms with Gasteiger partial charge in [-0.25, -0.2) is 13.1 Å². The van der Waals surface area contributed by atoms with Crippen LogP contribution in [0.4, 0.5) is 5.69 Å². The van der Waals surface area contributed by atoms with Crippen LogP contribution in [0.3, 0.4) is 0 Å². The predicted molar refractivity (Wildman–Crippen MR) is 107 cm³/mol. The maximum absolute atomic E-state index is 12.6. The second kappa shape index (κ2) is 8.54. The summed E-state index contributed by atoms with van der Waals surface area (Å²) in [4.78, 5) is 12.4. The lowest BCUT2D eigenvalue weighted by molar-refractivity contribution is -0.115. The summed E-state index contributed by atoms with van der Waals surface area (Å²) in [6, 6.07) is 9.00. The first-order chi connectivity index (χ1) is 12.7. The third-order valence-electron chi connectivity index (χ3n) is 4.41. The minimum atomic E-state index is -3.82. The molecule has 0 unspecified atom stereocenters. The number of rotatable bonds is 7. The molecule has 27 heavy (non-hydrogen) atoms. The molecule has 0 aliphatic heterocycles. The van der Waals surface area contributed by atoms with E-state index in [1.807, 2.05) is 32.0 Å². The van der Waals surface area contributed by atoms with Crippen LogP contribution in [0, 0.1) is 20.8 Å². The Kier molecular flexibility index (Phi) is 6.62. The summed E-state index contributed by atoms with van der Waals surface area (Å²) >= 11 is 0. The fourth-order valence-electron chi connectivity index (χ4n) is 2.90. The monoisotopic (exact) mass is 390 g/mol. The highest BCUT2D eigenvalue weighted by atomic mass is 32.2. The average Bonchev–Trinajstić information content (AvgIpc) is 2.63. The number of carbonyl (C=O) groups is 1. The smallest absolute Gasteiger partial charge is 0.241 e. The standard InChI is InChI=1S/C20H26N2O4S/c1-6-16-9-7-8-13(2)20(16)22-19(23)12-21-27(24,25)18-11-14(3)17(26-5)10-15(18)4/h7-11,21H,6,12H2,1-5H3,(H,22,23). The van der Waals surface area contributed by atoms with Crippen LogP contribution in [0.5, 0.6) is 5.75 Å². The SMILES string of the molecule is CCc1cccc(C)c1NC(=O)CNS(=O)(=O)c1cc(C)c(OC)cc1C. The topological polar surface area (TPSA) is 84.5 Å². The number of nitrogens with one attached hydrogen (secondary N) is 2. The molecule has 2 aromatic rings. The number of ether oxygens (including phenoxy) is 1. The molecule has 0 saturated heterocycles. The zero-order chi connectivity index (χ0) is 20.2. The van der Waals surface area contributed by atoms with Crippen molar-refractivity contribution in [2.45, 2.75) is 39.0 Å². The van der Waals surface area contributed by atoms with Crippen molar-refractivity contribution in [2.75, 3.05) is 19.0 Å². The van der Waals surface area contributed by atoms with Gasteiger partial charge in [-0.1, -0.05) is 25.1 Å². The van der Waals surface area contributed by atoms with E-state index in [0.29, 0.717) is 16.9 Å². The van der Waals surface area contributed by atoms with Gasteiger partial charge in [-0.05, 0) is 61.6 Å². The molecular weight excluding hydrogens is 364 g/mol. The number of hydrogen-bond donors (Lipinski definition) is 2. The number of aryl methyl sites for hydroxylation is 4. The molecule has 2 N–H and O–H groups in total. The Balaban J connectivity index is 2.14. The van der Waals surface area contributed by atoms with Crippen molar-refractivity contribution in [1.29, 1.82) is 0 Å². The van der Waals surface area contributed by atoms with Gasteiger partial charge in [0, 0.05) is 5.69 Å². The fraction of sp³-hybridized carbons (Fsp3) is 0.350. The third-order valence-corrected chi connectivity index (χ3v) is 5.95. The number of anilines is 1. The van der Waals surface area contributed by atoms with E-state index < -0.39 is 15.9 Å². The Hall–Kier alpha value is -2.38. The van der Waals surface area contributed by atoms with Crippen LogP contribution in [0.2, 0.25) is 0 Å². The summed E-state index contributed by atoms with van der Waals surface area (Å²) < 4.78 is 32.8. The molecule has 0 radical (unpaired) electrons. The Morgan fingerprint density at radius 2 is 1.78 bits per heavy atom. The van der Waals surface area contributed by atoms with Crippen molar-refractivity contribution in [2.24, 2.45) is 0 Å². The summed E-state index contributed by atoms with van der Waals surface area (Å²) in [6.07, 6.45) is 0.771. The van der Waals surface area contributed by atoms with Gasteiger partial charge in [-0.3, -0.25) is 4.79 Å². The first-order valence-electron chi connectivity index (χ1n) is 8.72. The van der Waals surface area contributed by atoms with Crippen LogP contribution in [-0.4, -0.2) is 28.0 Å². The van der Waals surface area contributed by atoms with E-state index in [2.05, 4.69) is 10.0 Å². The van der Waals surface area contributed by atoms with Gasteiger partial charge in [-0.2, -0.15) is 0 Å². The van der Waals surface area contributed by atoms with Gasteiger partial charge in [0.15, 0.2) is 0 Å². The molecule has 0 aromatic heterocycles. The van der Waals surface area contributed by atoms with Crippen LogP contribution >= 0.6 is 0 Å². The highest BCUT2D eigenvalue weighted by molar-refractivity contribution is 7.89. The maximum Gasteiger partial charge on any atom is 0.241 e. The van der Waals surface area contributed by atoms with Gasteiger partial charge in [0.2, 0.25) is 15.9 Å². The van der Waals surface area contributed by atoms with E-state index in [1.165, 1.54) is 7.11 Å². The summed E-state index contributed by atoms with van der Waals surface area (Å²) in [6.45, 7) is 7.03. The molecule has 2 rings (SSSR count).